The highest BCUT2D eigenvalue weighted by atomic mass is 127. The first kappa shape index (κ1) is 19.8. The molecule has 4 heteroatoms. The third-order valence-electron chi connectivity index (χ3n) is 5.00. The molecule has 3 aromatic carbocycles. The molecule has 146 valence electrons. The van der Waals surface area contributed by atoms with Crippen LogP contribution in [-0.4, -0.2) is 14.8 Å². The van der Waals surface area contributed by atoms with Crippen molar-refractivity contribution < 1.29 is 0 Å². The summed E-state index contributed by atoms with van der Waals surface area (Å²) in [5, 5.41) is 9.30. The van der Waals surface area contributed by atoms with Crippen molar-refractivity contribution in [2.75, 3.05) is 0 Å². The standard InChI is InChI=1S/C25H24IN3/c1-4-9-20-15-18(3)16-22(26)23(20)29-24(19-11-6-5-7-12-19)27-28-25(29)21-13-8-10-17(2)14-21/h5-8,10-16H,4,9H2,1-3H3. The molecule has 4 aromatic rings. The van der Waals surface area contributed by atoms with Gasteiger partial charge in [0.2, 0.25) is 0 Å². The van der Waals surface area contributed by atoms with Crippen LogP contribution in [0.4, 0.5) is 0 Å². The highest BCUT2D eigenvalue weighted by Gasteiger charge is 2.21. The molecule has 0 aliphatic rings. The van der Waals surface area contributed by atoms with Gasteiger partial charge in [-0.2, -0.15) is 0 Å². The molecular formula is C25H24IN3. The number of rotatable bonds is 5. The average Bonchev–Trinajstić information content (AvgIpc) is 3.13. The number of hydrogen-bond acceptors (Lipinski definition) is 2. The molecule has 3 nitrogen and oxygen atoms in total. The fraction of sp³-hybridized carbons (Fsp3) is 0.200. The summed E-state index contributed by atoms with van der Waals surface area (Å²) in [4.78, 5) is 0. The number of aromatic nitrogens is 3. The summed E-state index contributed by atoms with van der Waals surface area (Å²) in [6, 6.07) is 23.4. The van der Waals surface area contributed by atoms with Crippen molar-refractivity contribution in [3.05, 3.63) is 87.0 Å². The Morgan fingerprint density at radius 1 is 0.793 bits per heavy atom. The Morgan fingerprint density at radius 3 is 2.17 bits per heavy atom. The third-order valence-corrected chi connectivity index (χ3v) is 5.82. The SMILES string of the molecule is CCCc1cc(C)cc(I)c1-n1c(-c2ccccc2)nnc1-c1cccc(C)c1. The molecular weight excluding hydrogens is 469 g/mol. The van der Waals surface area contributed by atoms with Gasteiger partial charge in [-0.05, 0) is 66.1 Å². The molecule has 0 amide bonds. The molecule has 0 spiro atoms. The van der Waals surface area contributed by atoms with Crippen molar-refractivity contribution in [1.82, 2.24) is 14.8 Å². The summed E-state index contributed by atoms with van der Waals surface area (Å²) in [6.45, 7) is 6.50. The van der Waals surface area contributed by atoms with Crippen molar-refractivity contribution in [3.8, 4) is 28.5 Å². The van der Waals surface area contributed by atoms with Gasteiger partial charge in [0.25, 0.3) is 0 Å². The van der Waals surface area contributed by atoms with Crippen molar-refractivity contribution in [1.29, 1.82) is 0 Å². The topological polar surface area (TPSA) is 30.7 Å². The van der Waals surface area contributed by atoms with Crippen LogP contribution in [0, 0.1) is 17.4 Å². The lowest BCUT2D eigenvalue weighted by molar-refractivity contribution is 0.896. The van der Waals surface area contributed by atoms with Gasteiger partial charge in [-0.15, -0.1) is 10.2 Å². The van der Waals surface area contributed by atoms with E-state index in [0.717, 1.165) is 35.6 Å². The second-order valence-corrected chi connectivity index (χ2v) is 8.58. The predicted molar refractivity (Wildman–Crippen MR) is 128 cm³/mol. The number of nitrogens with zero attached hydrogens (tertiary/aromatic N) is 3. The van der Waals surface area contributed by atoms with E-state index in [1.807, 2.05) is 18.2 Å². The first-order chi connectivity index (χ1) is 14.1. The first-order valence-corrected chi connectivity index (χ1v) is 11.0. The summed E-state index contributed by atoms with van der Waals surface area (Å²) in [6.07, 6.45) is 2.11. The Labute approximate surface area is 186 Å². The quantitative estimate of drug-likeness (QED) is 0.287. The van der Waals surface area contributed by atoms with E-state index in [0.29, 0.717) is 0 Å². The molecule has 0 bridgehead atoms. The van der Waals surface area contributed by atoms with Crippen LogP contribution < -0.4 is 0 Å². The largest absolute Gasteiger partial charge is 0.274 e. The number of halogens is 1. The Morgan fingerprint density at radius 2 is 1.48 bits per heavy atom. The van der Waals surface area contributed by atoms with Gasteiger partial charge in [-0.25, -0.2) is 0 Å². The number of aryl methyl sites for hydroxylation is 3. The maximum absolute atomic E-state index is 4.65. The minimum absolute atomic E-state index is 0.876. The van der Waals surface area contributed by atoms with Crippen LogP contribution in [0.25, 0.3) is 28.5 Å². The van der Waals surface area contributed by atoms with Crippen LogP contribution >= 0.6 is 22.6 Å². The summed E-state index contributed by atoms with van der Waals surface area (Å²) < 4.78 is 3.47. The molecule has 0 saturated carbocycles. The minimum Gasteiger partial charge on any atom is -0.274 e. The maximum atomic E-state index is 4.65. The summed E-state index contributed by atoms with van der Waals surface area (Å²) in [5.74, 6) is 1.76. The maximum Gasteiger partial charge on any atom is 0.168 e. The van der Waals surface area contributed by atoms with Crippen LogP contribution in [-0.2, 0) is 6.42 Å². The van der Waals surface area contributed by atoms with E-state index in [-0.39, 0.29) is 0 Å². The van der Waals surface area contributed by atoms with Crippen LogP contribution in [0.15, 0.2) is 66.7 Å². The lowest BCUT2D eigenvalue weighted by Crippen LogP contribution is -2.07. The average molecular weight is 493 g/mol. The Balaban J connectivity index is 2.05. The lowest BCUT2D eigenvalue weighted by atomic mass is 10.0. The van der Waals surface area contributed by atoms with Gasteiger partial charge >= 0.3 is 0 Å². The number of hydrogen-bond donors (Lipinski definition) is 0. The van der Waals surface area contributed by atoms with Gasteiger partial charge in [0.05, 0.1) is 5.69 Å². The van der Waals surface area contributed by atoms with Crippen molar-refractivity contribution in [2.45, 2.75) is 33.6 Å². The fourth-order valence-electron chi connectivity index (χ4n) is 3.76. The lowest BCUT2D eigenvalue weighted by Gasteiger charge is -2.18. The van der Waals surface area contributed by atoms with Crippen molar-refractivity contribution >= 4 is 22.6 Å². The van der Waals surface area contributed by atoms with E-state index in [2.05, 4.69) is 107 Å². The molecule has 0 aliphatic carbocycles. The first-order valence-electron chi connectivity index (χ1n) is 9.95. The van der Waals surface area contributed by atoms with Crippen LogP contribution in [0.2, 0.25) is 0 Å². The molecule has 0 radical (unpaired) electrons. The molecule has 0 unspecified atom stereocenters. The van der Waals surface area contributed by atoms with Gasteiger partial charge in [0.15, 0.2) is 11.6 Å². The van der Waals surface area contributed by atoms with Crippen molar-refractivity contribution in [2.24, 2.45) is 0 Å². The molecule has 0 fully saturated rings. The van der Waals surface area contributed by atoms with E-state index in [9.17, 15) is 0 Å². The molecule has 1 aromatic heterocycles. The van der Waals surface area contributed by atoms with Crippen molar-refractivity contribution in [3.63, 3.8) is 0 Å². The van der Waals surface area contributed by atoms with Gasteiger partial charge in [0.1, 0.15) is 0 Å². The van der Waals surface area contributed by atoms with E-state index in [1.54, 1.807) is 0 Å². The molecule has 1 heterocycles. The fourth-order valence-corrected chi connectivity index (χ4v) is 4.84. The van der Waals surface area contributed by atoms with Crippen LogP contribution in [0.3, 0.4) is 0 Å². The van der Waals surface area contributed by atoms with Gasteiger partial charge < -0.3 is 0 Å². The normalized spacial score (nSPS) is 11.0. The van der Waals surface area contributed by atoms with Crippen LogP contribution in [0.5, 0.6) is 0 Å². The minimum atomic E-state index is 0.876. The van der Waals surface area contributed by atoms with Gasteiger partial charge in [-0.1, -0.05) is 73.5 Å². The zero-order chi connectivity index (χ0) is 20.4. The van der Waals surface area contributed by atoms with E-state index >= 15 is 0 Å². The van der Waals surface area contributed by atoms with E-state index in [4.69, 9.17) is 0 Å². The Bertz CT molecular complexity index is 1150. The Kier molecular flexibility index (Phi) is 5.81. The van der Waals surface area contributed by atoms with Gasteiger partial charge in [0, 0.05) is 14.7 Å². The van der Waals surface area contributed by atoms with Gasteiger partial charge in [-0.3, -0.25) is 4.57 Å². The molecule has 0 aliphatic heterocycles. The molecule has 0 atom stereocenters. The highest BCUT2D eigenvalue weighted by molar-refractivity contribution is 14.1. The monoisotopic (exact) mass is 493 g/mol. The van der Waals surface area contributed by atoms with Crippen LogP contribution in [0.1, 0.15) is 30.0 Å². The second kappa shape index (κ2) is 8.49. The summed E-state index contributed by atoms with van der Waals surface area (Å²) in [7, 11) is 0. The molecule has 0 N–H and O–H groups in total. The second-order valence-electron chi connectivity index (χ2n) is 7.42. The highest BCUT2D eigenvalue weighted by Crippen LogP contribution is 2.34. The summed E-state index contributed by atoms with van der Waals surface area (Å²) in [5.41, 5.74) is 7.18. The Hall–Kier alpha value is -2.47. The number of benzene rings is 3. The molecule has 29 heavy (non-hydrogen) atoms. The predicted octanol–water partition coefficient (Wildman–Crippen LogP) is 6.78. The smallest absolute Gasteiger partial charge is 0.168 e. The molecule has 4 rings (SSSR count). The summed E-state index contributed by atoms with van der Waals surface area (Å²) >= 11 is 2.45. The van der Waals surface area contributed by atoms with E-state index < -0.39 is 0 Å². The molecule has 0 saturated heterocycles. The zero-order valence-electron chi connectivity index (χ0n) is 17.0. The zero-order valence-corrected chi connectivity index (χ0v) is 19.1. The van der Waals surface area contributed by atoms with E-state index in [1.165, 1.54) is 25.9 Å². The third kappa shape index (κ3) is 3.99.